The van der Waals surface area contributed by atoms with E-state index in [0.717, 1.165) is 0 Å². The molecule has 150 valence electrons. The fraction of sp³-hybridized carbons (Fsp3) is 0.136. The maximum atomic E-state index is 13.4. The second-order valence-electron chi connectivity index (χ2n) is 6.96. The number of methoxy groups -OCH3 is 1. The van der Waals surface area contributed by atoms with Gasteiger partial charge in [-0.05, 0) is 42.8 Å². The van der Waals surface area contributed by atoms with Crippen LogP contribution in [0.1, 0.15) is 33.5 Å². The molecule has 0 bridgehead atoms. The highest BCUT2D eigenvalue weighted by Crippen LogP contribution is 2.41. The van der Waals surface area contributed by atoms with Crippen molar-refractivity contribution in [3.63, 3.8) is 0 Å². The molecule has 0 aliphatic carbocycles. The average Bonchev–Trinajstić information content (AvgIpc) is 3.30. The summed E-state index contributed by atoms with van der Waals surface area (Å²) in [6.45, 7) is 1.73. The van der Waals surface area contributed by atoms with Crippen molar-refractivity contribution in [1.29, 1.82) is 0 Å². The molecule has 30 heavy (non-hydrogen) atoms. The predicted octanol–water partition coefficient (Wildman–Crippen LogP) is 4.50. The Balaban J connectivity index is 1.80. The monoisotopic (exact) mass is 422 g/mol. The third-order valence-electron chi connectivity index (χ3n) is 5.13. The van der Waals surface area contributed by atoms with Gasteiger partial charge in [-0.1, -0.05) is 28.9 Å². The maximum absolute atomic E-state index is 13.4. The zero-order valence-corrected chi connectivity index (χ0v) is 16.8. The molecule has 2 aromatic carbocycles. The Bertz CT molecular complexity index is 1360. The Morgan fingerprint density at radius 2 is 1.87 bits per heavy atom. The number of nitrogens with zero attached hydrogens (tertiary/aromatic N) is 2. The Hall–Kier alpha value is -3.58. The van der Waals surface area contributed by atoms with E-state index in [9.17, 15) is 9.59 Å². The van der Waals surface area contributed by atoms with Gasteiger partial charge in [0.2, 0.25) is 5.76 Å². The summed E-state index contributed by atoms with van der Waals surface area (Å²) in [6.07, 6.45) is 0. The van der Waals surface area contributed by atoms with Gasteiger partial charge >= 0.3 is 0 Å². The van der Waals surface area contributed by atoms with Crippen molar-refractivity contribution in [2.45, 2.75) is 13.0 Å². The number of benzene rings is 2. The number of hydrogen-bond acceptors (Lipinski definition) is 6. The van der Waals surface area contributed by atoms with E-state index in [0.29, 0.717) is 38.9 Å². The van der Waals surface area contributed by atoms with Crippen LogP contribution in [0.2, 0.25) is 5.02 Å². The van der Waals surface area contributed by atoms with Crippen LogP contribution in [0.25, 0.3) is 11.0 Å². The van der Waals surface area contributed by atoms with Gasteiger partial charge in [-0.2, -0.15) is 0 Å². The lowest BCUT2D eigenvalue weighted by atomic mass is 9.98. The summed E-state index contributed by atoms with van der Waals surface area (Å²) < 4.78 is 16.3. The van der Waals surface area contributed by atoms with E-state index >= 15 is 0 Å². The lowest BCUT2D eigenvalue weighted by Crippen LogP contribution is -2.29. The molecule has 0 N–H and O–H groups in total. The third-order valence-corrected chi connectivity index (χ3v) is 5.36. The summed E-state index contributed by atoms with van der Waals surface area (Å²) in [7, 11) is 1.57. The lowest BCUT2D eigenvalue weighted by molar-refractivity contribution is 0.0969. The molecule has 5 rings (SSSR count). The molecule has 7 nitrogen and oxygen atoms in total. The largest absolute Gasteiger partial charge is 0.497 e. The Labute approximate surface area is 175 Å². The molecule has 8 heteroatoms. The normalized spacial score (nSPS) is 15.6. The first-order valence-electron chi connectivity index (χ1n) is 9.15. The van der Waals surface area contributed by atoms with Crippen LogP contribution in [0.15, 0.2) is 62.3 Å². The summed E-state index contributed by atoms with van der Waals surface area (Å²) in [5.41, 5.74) is 0.923. The molecule has 1 unspecified atom stereocenters. The van der Waals surface area contributed by atoms with Crippen molar-refractivity contribution in [2.24, 2.45) is 0 Å². The predicted molar refractivity (Wildman–Crippen MR) is 110 cm³/mol. The number of anilines is 1. The first-order valence-corrected chi connectivity index (χ1v) is 9.53. The number of amides is 1. The van der Waals surface area contributed by atoms with Crippen molar-refractivity contribution in [1.82, 2.24) is 5.16 Å². The fourth-order valence-corrected chi connectivity index (χ4v) is 3.92. The molecule has 1 atom stereocenters. The molecule has 0 saturated heterocycles. The molecule has 1 amide bonds. The van der Waals surface area contributed by atoms with Gasteiger partial charge in [0, 0.05) is 11.1 Å². The van der Waals surface area contributed by atoms with Crippen molar-refractivity contribution in [3.05, 3.63) is 86.4 Å². The van der Waals surface area contributed by atoms with Crippen LogP contribution in [0.4, 0.5) is 5.82 Å². The number of carbonyl (C=O) groups is 1. The van der Waals surface area contributed by atoms with Crippen LogP contribution >= 0.6 is 11.6 Å². The van der Waals surface area contributed by atoms with Gasteiger partial charge in [0.15, 0.2) is 11.2 Å². The summed E-state index contributed by atoms with van der Waals surface area (Å²) >= 11 is 6.09. The van der Waals surface area contributed by atoms with Crippen LogP contribution in [-0.2, 0) is 0 Å². The zero-order chi connectivity index (χ0) is 21.0. The minimum Gasteiger partial charge on any atom is -0.497 e. The van der Waals surface area contributed by atoms with E-state index in [2.05, 4.69) is 5.16 Å². The summed E-state index contributed by atoms with van der Waals surface area (Å²) in [5, 5.41) is 4.71. The summed E-state index contributed by atoms with van der Waals surface area (Å²) in [6, 6.07) is 12.8. The number of aromatic nitrogens is 1. The topological polar surface area (TPSA) is 85.8 Å². The molecule has 0 spiro atoms. The van der Waals surface area contributed by atoms with Gasteiger partial charge in [0.1, 0.15) is 17.1 Å². The molecule has 1 aliphatic heterocycles. The van der Waals surface area contributed by atoms with E-state index in [4.69, 9.17) is 25.3 Å². The third kappa shape index (κ3) is 2.70. The van der Waals surface area contributed by atoms with Crippen LogP contribution in [-0.4, -0.2) is 18.2 Å². The van der Waals surface area contributed by atoms with E-state index in [1.807, 2.05) is 0 Å². The van der Waals surface area contributed by atoms with Crippen molar-refractivity contribution < 1.29 is 18.5 Å². The maximum Gasteiger partial charge on any atom is 0.296 e. The highest BCUT2D eigenvalue weighted by Gasteiger charge is 2.44. The highest BCUT2D eigenvalue weighted by molar-refractivity contribution is 6.31. The molecule has 0 fully saturated rings. The van der Waals surface area contributed by atoms with Crippen LogP contribution < -0.4 is 15.1 Å². The second-order valence-corrected chi connectivity index (χ2v) is 7.40. The van der Waals surface area contributed by atoms with Crippen LogP contribution in [0.5, 0.6) is 5.75 Å². The van der Waals surface area contributed by atoms with Gasteiger partial charge in [0.05, 0.1) is 24.1 Å². The van der Waals surface area contributed by atoms with Crippen molar-refractivity contribution in [3.8, 4) is 5.75 Å². The minimum absolute atomic E-state index is 0.0173. The van der Waals surface area contributed by atoms with Crippen LogP contribution in [0, 0.1) is 6.92 Å². The molecular weight excluding hydrogens is 408 g/mol. The van der Waals surface area contributed by atoms with E-state index < -0.39 is 11.9 Å². The molecule has 0 saturated carbocycles. The fourth-order valence-electron chi connectivity index (χ4n) is 3.75. The number of fused-ring (bicyclic) bond motifs is 2. The molecule has 1 aliphatic rings. The van der Waals surface area contributed by atoms with Gasteiger partial charge in [-0.3, -0.25) is 14.5 Å². The number of ether oxygens (including phenoxy) is 1. The Morgan fingerprint density at radius 1 is 1.10 bits per heavy atom. The SMILES string of the molecule is COc1ccc(C2c3c(oc4ccc(Cl)cc4c3=O)C(=O)N2c2cc(C)on2)cc1. The number of aryl methyl sites for hydroxylation is 1. The van der Waals surface area contributed by atoms with Gasteiger partial charge in [0.25, 0.3) is 5.91 Å². The standard InChI is InChI=1S/C22H15ClN2O5/c1-11-9-17(24-30-11)25-19(12-3-6-14(28-2)7-4-12)18-20(26)15-10-13(23)5-8-16(15)29-21(18)22(25)27/h3-10,19H,1-2H3. The van der Waals surface area contributed by atoms with E-state index in [1.54, 1.807) is 62.6 Å². The second kappa shape index (κ2) is 6.74. The highest BCUT2D eigenvalue weighted by atomic mass is 35.5. The summed E-state index contributed by atoms with van der Waals surface area (Å²) in [4.78, 5) is 28.2. The summed E-state index contributed by atoms with van der Waals surface area (Å²) in [5.74, 6) is 1.01. The van der Waals surface area contributed by atoms with Gasteiger partial charge in [-0.15, -0.1) is 0 Å². The lowest BCUT2D eigenvalue weighted by Gasteiger charge is -2.22. The molecule has 4 aromatic rings. The van der Waals surface area contributed by atoms with Gasteiger partial charge in [-0.25, -0.2) is 0 Å². The Morgan fingerprint density at radius 3 is 2.53 bits per heavy atom. The molecule has 2 aromatic heterocycles. The number of hydrogen-bond donors (Lipinski definition) is 0. The first-order chi connectivity index (χ1) is 14.5. The zero-order valence-electron chi connectivity index (χ0n) is 16.0. The van der Waals surface area contributed by atoms with Crippen LogP contribution in [0.3, 0.4) is 0 Å². The number of halogens is 1. The Kier molecular flexibility index (Phi) is 4.15. The van der Waals surface area contributed by atoms with Crippen molar-refractivity contribution in [2.75, 3.05) is 12.0 Å². The average molecular weight is 423 g/mol. The minimum atomic E-state index is -0.734. The van der Waals surface area contributed by atoms with Gasteiger partial charge < -0.3 is 13.7 Å². The molecule has 0 radical (unpaired) electrons. The molecular formula is C22H15ClN2O5. The first kappa shape index (κ1) is 18.4. The molecule has 3 heterocycles. The quantitative estimate of drug-likeness (QED) is 0.483. The number of rotatable bonds is 3. The number of carbonyl (C=O) groups excluding carboxylic acids is 1. The van der Waals surface area contributed by atoms with Crippen molar-refractivity contribution >= 4 is 34.3 Å². The van der Waals surface area contributed by atoms with E-state index in [-0.39, 0.29) is 16.8 Å². The van der Waals surface area contributed by atoms with E-state index in [1.165, 1.54) is 4.90 Å². The smallest absolute Gasteiger partial charge is 0.296 e.